The van der Waals surface area contributed by atoms with Gasteiger partial charge in [-0.15, -0.1) is 0 Å². The number of benzene rings is 2. The van der Waals surface area contributed by atoms with Gasteiger partial charge in [-0.3, -0.25) is 14.5 Å². The normalized spacial score (nSPS) is 14.3. The first kappa shape index (κ1) is 20.9. The Morgan fingerprint density at radius 3 is 2.14 bits per heavy atom. The summed E-state index contributed by atoms with van der Waals surface area (Å²) in [5.41, 5.74) is 2.18. The van der Waals surface area contributed by atoms with E-state index in [-0.39, 0.29) is 17.9 Å². The largest absolute Gasteiger partial charge is 0.493 e. The van der Waals surface area contributed by atoms with E-state index < -0.39 is 0 Å². The summed E-state index contributed by atoms with van der Waals surface area (Å²) in [6, 6.07) is 12.8. The van der Waals surface area contributed by atoms with Gasteiger partial charge < -0.3 is 14.4 Å². The van der Waals surface area contributed by atoms with Crippen LogP contribution in [-0.2, 0) is 6.42 Å². The van der Waals surface area contributed by atoms with Crippen molar-refractivity contribution < 1.29 is 19.1 Å². The quantitative estimate of drug-likeness (QED) is 0.609. The number of imide groups is 1. The second-order valence-electron chi connectivity index (χ2n) is 7.41. The average molecular weight is 396 g/mol. The molecule has 1 aliphatic heterocycles. The summed E-state index contributed by atoms with van der Waals surface area (Å²) < 4.78 is 10.6. The van der Waals surface area contributed by atoms with Crippen LogP contribution in [-0.4, -0.2) is 62.0 Å². The van der Waals surface area contributed by atoms with Crippen LogP contribution in [0.4, 0.5) is 0 Å². The van der Waals surface area contributed by atoms with Gasteiger partial charge in [0, 0.05) is 12.6 Å². The predicted octanol–water partition coefficient (Wildman–Crippen LogP) is 3.25. The number of carbonyl (C=O) groups is 2. The molecule has 0 saturated heterocycles. The van der Waals surface area contributed by atoms with Gasteiger partial charge >= 0.3 is 0 Å². The molecule has 0 N–H and O–H groups in total. The minimum absolute atomic E-state index is 0.147. The van der Waals surface area contributed by atoms with E-state index in [4.69, 9.17) is 9.47 Å². The highest BCUT2D eigenvalue weighted by Gasteiger charge is 2.37. The summed E-state index contributed by atoms with van der Waals surface area (Å²) in [7, 11) is 5.31. The highest BCUT2D eigenvalue weighted by Crippen LogP contribution is 2.28. The molecule has 0 aliphatic carbocycles. The summed E-state index contributed by atoms with van der Waals surface area (Å²) in [5.74, 6) is 1.07. The van der Waals surface area contributed by atoms with E-state index in [9.17, 15) is 9.59 Å². The van der Waals surface area contributed by atoms with E-state index >= 15 is 0 Å². The maximum absolute atomic E-state index is 12.6. The Labute approximate surface area is 172 Å². The van der Waals surface area contributed by atoms with Crippen LogP contribution < -0.4 is 9.47 Å². The van der Waals surface area contributed by atoms with E-state index in [0.29, 0.717) is 11.1 Å². The van der Waals surface area contributed by atoms with Crippen molar-refractivity contribution >= 4 is 11.8 Å². The van der Waals surface area contributed by atoms with Crippen molar-refractivity contribution in [2.75, 3.05) is 34.4 Å². The predicted molar refractivity (Wildman–Crippen MR) is 112 cm³/mol. The summed E-state index contributed by atoms with van der Waals surface area (Å²) in [5, 5.41) is 0. The molecule has 6 heteroatoms. The van der Waals surface area contributed by atoms with Gasteiger partial charge in [-0.2, -0.15) is 0 Å². The van der Waals surface area contributed by atoms with Crippen LogP contribution in [0, 0.1) is 0 Å². The van der Waals surface area contributed by atoms with Crippen molar-refractivity contribution in [3.63, 3.8) is 0 Å². The van der Waals surface area contributed by atoms with Crippen molar-refractivity contribution in [3.05, 3.63) is 59.2 Å². The number of amides is 2. The van der Waals surface area contributed by atoms with Gasteiger partial charge in [0.15, 0.2) is 11.5 Å². The zero-order chi connectivity index (χ0) is 21.0. The van der Waals surface area contributed by atoms with Crippen molar-refractivity contribution in [1.29, 1.82) is 0 Å². The molecule has 0 spiro atoms. The van der Waals surface area contributed by atoms with Gasteiger partial charge in [-0.25, -0.2) is 0 Å². The minimum atomic E-state index is -0.189. The van der Waals surface area contributed by atoms with Crippen molar-refractivity contribution in [2.24, 2.45) is 0 Å². The average Bonchev–Trinajstić information content (AvgIpc) is 3.00. The fourth-order valence-corrected chi connectivity index (χ4v) is 3.61. The van der Waals surface area contributed by atoms with Crippen molar-refractivity contribution in [1.82, 2.24) is 9.80 Å². The van der Waals surface area contributed by atoms with Gasteiger partial charge in [0.05, 0.1) is 25.3 Å². The number of ether oxygens (including phenoxy) is 2. The van der Waals surface area contributed by atoms with E-state index in [2.05, 4.69) is 11.9 Å². The van der Waals surface area contributed by atoms with Crippen LogP contribution in [0.5, 0.6) is 11.5 Å². The molecule has 154 valence electrons. The molecular weight excluding hydrogens is 368 g/mol. The topological polar surface area (TPSA) is 59.1 Å². The van der Waals surface area contributed by atoms with Gasteiger partial charge in [0.25, 0.3) is 11.8 Å². The summed E-state index contributed by atoms with van der Waals surface area (Å²) in [6.07, 6.45) is 1.60. The number of carbonyl (C=O) groups excluding carboxylic acids is 2. The second kappa shape index (κ2) is 9.09. The molecule has 2 aromatic rings. The van der Waals surface area contributed by atoms with Gasteiger partial charge in [0.2, 0.25) is 0 Å². The Balaban J connectivity index is 1.52. The molecule has 2 aromatic carbocycles. The Kier molecular flexibility index (Phi) is 6.54. The molecule has 1 aliphatic rings. The van der Waals surface area contributed by atoms with Crippen LogP contribution in [0.25, 0.3) is 0 Å². The molecule has 1 heterocycles. The van der Waals surface area contributed by atoms with E-state index in [0.717, 1.165) is 37.4 Å². The maximum Gasteiger partial charge on any atom is 0.261 e. The molecular formula is C23H28N2O4. The number of methoxy groups -OCH3 is 2. The second-order valence-corrected chi connectivity index (χ2v) is 7.41. The Morgan fingerprint density at radius 2 is 1.55 bits per heavy atom. The number of hydrogen-bond donors (Lipinski definition) is 0. The summed E-state index contributed by atoms with van der Waals surface area (Å²) in [6.45, 7) is 3.59. The van der Waals surface area contributed by atoms with E-state index in [1.165, 1.54) is 10.5 Å². The molecule has 0 radical (unpaired) electrons. The summed E-state index contributed by atoms with van der Waals surface area (Å²) in [4.78, 5) is 28.8. The van der Waals surface area contributed by atoms with E-state index in [1.807, 2.05) is 25.1 Å². The molecule has 29 heavy (non-hydrogen) atoms. The number of rotatable bonds is 9. The van der Waals surface area contributed by atoms with Gasteiger partial charge in [0.1, 0.15) is 0 Å². The number of fused-ring (bicyclic) bond motifs is 1. The van der Waals surface area contributed by atoms with Crippen LogP contribution in [0.2, 0.25) is 0 Å². The number of hydrogen-bond acceptors (Lipinski definition) is 5. The fraction of sp³-hybridized carbons (Fsp3) is 0.391. The summed E-state index contributed by atoms with van der Waals surface area (Å²) >= 11 is 0. The first-order valence-corrected chi connectivity index (χ1v) is 9.82. The van der Waals surface area contributed by atoms with Crippen LogP contribution in [0.3, 0.4) is 0 Å². The Morgan fingerprint density at radius 1 is 0.931 bits per heavy atom. The van der Waals surface area contributed by atoms with Crippen LogP contribution >= 0.6 is 0 Å². The lowest BCUT2D eigenvalue weighted by atomic mass is 10.1. The molecule has 2 amide bonds. The third-order valence-electron chi connectivity index (χ3n) is 5.42. The molecule has 1 unspecified atom stereocenters. The smallest absolute Gasteiger partial charge is 0.261 e. The lowest BCUT2D eigenvalue weighted by Gasteiger charge is -2.25. The monoisotopic (exact) mass is 396 g/mol. The molecule has 0 bridgehead atoms. The van der Waals surface area contributed by atoms with E-state index in [1.54, 1.807) is 38.5 Å². The minimum Gasteiger partial charge on any atom is -0.493 e. The molecule has 3 rings (SSSR count). The zero-order valence-corrected chi connectivity index (χ0v) is 17.5. The molecule has 0 fully saturated rings. The molecule has 1 atom stereocenters. The first-order valence-electron chi connectivity index (χ1n) is 9.82. The standard InChI is InChI=1S/C23H28N2O4/c1-16(25-22(26)18-7-5-6-8-19(18)23(25)27)11-13-24(2)14-12-17-9-10-20(28-3)21(15-17)29-4/h5-10,15-16H,11-14H2,1-4H3. The Hall–Kier alpha value is -2.86. The van der Waals surface area contributed by atoms with Crippen LogP contribution in [0.15, 0.2) is 42.5 Å². The molecule has 0 aromatic heterocycles. The zero-order valence-electron chi connectivity index (χ0n) is 17.5. The molecule has 0 saturated carbocycles. The van der Waals surface area contributed by atoms with Gasteiger partial charge in [-0.1, -0.05) is 18.2 Å². The highest BCUT2D eigenvalue weighted by atomic mass is 16.5. The van der Waals surface area contributed by atoms with Gasteiger partial charge in [-0.05, 0) is 63.2 Å². The lowest BCUT2D eigenvalue weighted by Crippen LogP contribution is -2.40. The third-order valence-corrected chi connectivity index (χ3v) is 5.42. The number of nitrogens with zero attached hydrogens (tertiary/aromatic N) is 2. The first-order chi connectivity index (χ1) is 14.0. The highest BCUT2D eigenvalue weighted by molar-refractivity contribution is 6.21. The molecule has 6 nitrogen and oxygen atoms in total. The lowest BCUT2D eigenvalue weighted by molar-refractivity contribution is 0.0583. The number of likely N-dealkylation sites (N-methyl/N-ethyl adjacent to an activating group) is 1. The third kappa shape index (κ3) is 4.43. The maximum atomic E-state index is 12.6. The Bertz CT molecular complexity index is 861. The SMILES string of the molecule is COc1ccc(CCN(C)CCC(C)N2C(=O)c3ccccc3C2=O)cc1OC. The fourth-order valence-electron chi connectivity index (χ4n) is 3.61. The van der Waals surface area contributed by atoms with Crippen molar-refractivity contribution in [3.8, 4) is 11.5 Å². The van der Waals surface area contributed by atoms with Crippen LogP contribution in [0.1, 0.15) is 39.6 Å². The van der Waals surface area contributed by atoms with Crippen molar-refractivity contribution in [2.45, 2.75) is 25.8 Å².